The second-order valence-electron chi connectivity index (χ2n) is 4.55. The SMILES string of the molecule is CC(C)Oc1cccc(-c2ccc(CCl)c(=O)[nH]2)c1. The highest BCUT2D eigenvalue weighted by Crippen LogP contribution is 2.22. The van der Waals surface area contributed by atoms with Crippen molar-refractivity contribution in [2.45, 2.75) is 25.8 Å². The number of nitrogens with one attached hydrogen (secondary N) is 1. The number of alkyl halides is 1. The molecule has 3 nitrogen and oxygen atoms in total. The van der Waals surface area contributed by atoms with E-state index in [1.165, 1.54) is 0 Å². The molecule has 0 radical (unpaired) electrons. The van der Waals surface area contributed by atoms with Crippen molar-refractivity contribution in [1.29, 1.82) is 0 Å². The molecule has 0 aliphatic heterocycles. The number of pyridine rings is 1. The van der Waals surface area contributed by atoms with Gasteiger partial charge in [0.2, 0.25) is 0 Å². The number of benzene rings is 1. The van der Waals surface area contributed by atoms with Gasteiger partial charge in [-0.1, -0.05) is 18.2 Å². The number of halogens is 1. The molecule has 100 valence electrons. The van der Waals surface area contributed by atoms with E-state index in [0.29, 0.717) is 5.56 Å². The number of hydrogen-bond acceptors (Lipinski definition) is 2. The summed E-state index contributed by atoms with van der Waals surface area (Å²) in [6, 6.07) is 11.2. The molecule has 1 aromatic heterocycles. The molecule has 0 bridgehead atoms. The summed E-state index contributed by atoms with van der Waals surface area (Å²) in [5.41, 5.74) is 2.09. The van der Waals surface area contributed by atoms with Gasteiger partial charge in [0.1, 0.15) is 5.75 Å². The van der Waals surface area contributed by atoms with Gasteiger partial charge in [-0.2, -0.15) is 0 Å². The summed E-state index contributed by atoms with van der Waals surface area (Å²) >= 11 is 5.67. The van der Waals surface area contributed by atoms with E-state index in [0.717, 1.165) is 17.0 Å². The molecule has 1 heterocycles. The van der Waals surface area contributed by atoms with E-state index < -0.39 is 0 Å². The second kappa shape index (κ2) is 5.93. The molecule has 0 saturated carbocycles. The molecule has 19 heavy (non-hydrogen) atoms. The lowest BCUT2D eigenvalue weighted by atomic mass is 10.1. The summed E-state index contributed by atoms with van der Waals surface area (Å²) < 4.78 is 5.64. The molecular formula is C15H16ClNO2. The molecule has 4 heteroatoms. The summed E-state index contributed by atoms with van der Waals surface area (Å²) in [5.74, 6) is 1.00. The Hall–Kier alpha value is -1.74. The quantitative estimate of drug-likeness (QED) is 0.868. The van der Waals surface area contributed by atoms with Crippen LogP contribution < -0.4 is 10.3 Å². The van der Waals surface area contributed by atoms with Crippen molar-refractivity contribution in [3.63, 3.8) is 0 Å². The van der Waals surface area contributed by atoms with Gasteiger partial charge >= 0.3 is 0 Å². The molecule has 0 aliphatic rings. The van der Waals surface area contributed by atoms with E-state index in [-0.39, 0.29) is 17.5 Å². The normalized spacial score (nSPS) is 10.7. The van der Waals surface area contributed by atoms with Crippen molar-refractivity contribution in [3.8, 4) is 17.0 Å². The van der Waals surface area contributed by atoms with Crippen molar-refractivity contribution < 1.29 is 4.74 Å². The summed E-state index contributed by atoms with van der Waals surface area (Å²) in [6.45, 7) is 3.95. The maximum Gasteiger partial charge on any atom is 0.252 e. The van der Waals surface area contributed by atoms with E-state index in [4.69, 9.17) is 16.3 Å². The van der Waals surface area contributed by atoms with Crippen molar-refractivity contribution in [2.75, 3.05) is 0 Å². The molecule has 0 spiro atoms. The smallest absolute Gasteiger partial charge is 0.252 e. The van der Waals surface area contributed by atoms with Crippen molar-refractivity contribution in [2.24, 2.45) is 0 Å². The summed E-state index contributed by atoms with van der Waals surface area (Å²) in [6.07, 6.45) is 0.118. The van der Waals surface area contributed by atoms with Gasteiger partial charge in [0.05, 0.1) is 12.0 Å². The number of H-pyrrole nitrogens is 1. The van der Waals surface area contributed by atoms with Gasteiger partial charge in [-0.05, 0) is 32.0 Å². The van der Waals surface area contributed by atoms with Gasteiger partial charge in [-0.3, -0.25) is 4.79 Å². The monoisotopic (exact) mass is 277 g/mol. The van der Waals surface area contributed by atoms with Crippen LogP contribution in [0.1, 0.15) is 19.4 Å². The van der Waals surface area contributed by atoms with Crippen LogP contribution in [0.4, 0.5) is 0 Å². The van der Waals surface area contributed by atoms with Gasteiger partial charge in [0, 0.05) is 16.8 Å². The Kier molecular flexibility index (Phi) is 4.27. The maximum absolute atomic E-state index is 11.7. The van der Waals surface area contributed by atoms with Crippen LogP contribution in [0.15, 0.2) is 41.2 Å². The Bertz CT molecular complexity index is 620. The summed E-state index contributed by atoms with van der Waals surface area (Å²) in [4.78, 5) is 14.6. The minimum atomic E-state index is -0.150. The topological polar surface area (TPSA) is 42.1 Å². The van der Waals surface area contributed by atoms with Crippen LogP contribution in [0.2, 0.25) is 0 Å². The predicted octanol–water partition coefficient (Wildman–Crippen LogP) is 3.57. The number of aromatic nitrogens is 1. The van der Waals surface area contributed by atoms with Gasteiger partial charge in [0.25, 0.3) is 5.56 Å². The largest absolute Gasteiger partial charge is 0.491 e. The van der Waals surface area contributed by atoms with E-state index in [2.05, 4.69) is 4.98 Å². The predicted molar refractivity (Wildman–Crippen MR) is 77.8 cm³/mol. The van der Waals surface area contributed by atoms with Crippen molar-refractivity contribution >= 4 is 11.6 Å². The number of ether oxygens (including phenoxy) is 1. The fourth-order valence-electron chi connectivity index (χ4n) is 1.79. The van der Waals surface area contributed by atoms with Crippen LogP contribution in [0.5, 0.6) is 5.75 Å². The van der Waals surface area contributed by atoms with Crippen LogP contribution in [0.3, 0.4) is 0 Å². The lowest BCUT2D eigenvalue weighted by molar-refractivity contribution is 0.242. The van der Waals surface area contributed by atoms with E-state index >= 15 is 0 Å². The average molecular weight is 278 g/mol. The Morgan fingerprint density at radius 1 is 1.26 bits per heavy atom. The lowest BCUT2D eigenvalue weighted by Crippen LogP contribution is -2.11. The van der Waals surface area contributed by atoms with Crippen LogP contribution in [0.25, 0.3) is 11.3 Å². The molecule has 0 atom stereocenters. The highest BCUT2D eigenvalue weighted by Gasteiger charge is 2.04. The molecular weight excluding hydrogens is 262 g/mol. The lowest BCUT2D eigenvalue weighted by Gasteiger charge is -2.11. The van der Waals surface area contributed by atoms with Gasteiger partial charge < -0.3 is 9.72 Å². The van der Waals surface area contributed by atoms with Gasteiger partial charge in [-0.15, -0.1) is 11.6 Å². The fraction of sp³-hybridized carbons (Fsp3) is 0.267. The highest BCUT2D eigenvalue weighted by atomic mass is 35.5. The number of aromatic amines is 1. The Labute approximate surface area is 117 Å². The maximum atomic E-state index is 11.7. The van der Waals surface area contributed by atoms with Crippen LogP contribution in [0, 0.1) is 0 Å². The van der Waals surface area contributed by atoms with E-state index in [1.807, 2.05) is 44.2 Å². The third kappa shape index (κ3) is 3.38. The van der Waals surface area contributed by atoms with Gasteiger partial charge in [0.15, 0.2) is 0 Å². The molecule has 1 N–H and O–H groups in total. The molecule has 0 unspecified atom stereocenters. The number of rotatable bonds is 4. The number of hydrogen-bond donors (Lipinski definition) is 1. The first-order valence-corrected chi connectivity index (χ1v) is 6.69. The third-order valence-electron chi connectivity index (χ3n) is 2.65. The summed E-state index contributed by atoms with van der Waals surface area (Å²) in [5, 5.41) is 0. The standard InChI is InChI=1S/C15H16ClNO2/c1-10(2)19-13-5-3-4-11(8-13)14-7-6-12(9-16)15(18)17-14/h3-8,10H,9H2,1-2H3,(H,17,18). The molecule has 0 amide bonds. The van der Waals surface area contributed by atoms with Crippen LogP contribution in [-0.4, -0.2) is 11.1 Å². The molecule has 0 fully saturated rings. The fourth-order valence-corrected chi connectivity index (χ4v) is 2.00. The van der Waals surface area contributed by atoms with Gasteiger partial charge in [-0.25, -0.2) is 0 Å². The van der Waals surface area contributed by atoms with Crippen molar-refractivity contribution in [3.05, 3.63) is 52.3 Å². The first-order valence-electron chi connectivity index (χ1n) is 6.15. The molecule has 1 aromatic carbocycles. The molecule has 2 aromatic rings. The zero-order valence-corrected chi connectivity index (χ0v) is 11.7. The molecule has 0 aliphatic carbocycles. The first kappa shape index (κ1) is 13.7. The van der Waals surface area contributed by atoms with Crippen LogP contribution in [-0.2, 0) is 5.88 Å². The average Bonchev–Trinajstić information content (AvgIpc) is 2.38. The zero-order valence-electron chi connectivity index (χ0n) is 10.9. The van der Waals surface area contributed by atoms with Crippen molar-refractivity contribution in [1.82, 2.24) is 4.98 Å². The Balaban J connectivity index is 2.36. The Morgan fingerprint density at radius 3 is 2.68 bits per heavy atom. The van der Waals surface area contributed by atoms with Crippen LogP contribution >= 0.6 is 11.6 Å². The third-order valence-corrected chi connectivity index (χ3v) is 2.94. The second-order valence-corrected chi connectivity index (χ2v) is 4.82. The van der Waals surface area contributed by atoms with E-state index in [1.54, 1.807) is 6.07 Å². The summed E-state index contributed by atoms with van der Waals surface area (Å²) in [7, 11) is 0. The minimum Gasteiger partial charge on any atom is -0.491 e. The first-order chi connectivity index (χ1) is 9.10. The zero-order chi connectivity index (χ0) is 13.8. The Morgan fingerprint density at radius 2 is 2.05 bits per heavy atom. The minimum absolute atomic E-state index is 0.118. The van der Waals surface area contributed by atoms with E-state index in [9.17, 15) is 4.79 Å². The molecule has 2 rings (SSSR count). The molecule has 0 saturated heterocycles. The highest BCUT2D eigenvalue weighted by molar-refractivity contribution is 6.17.